The standard InChI is InChI=1S/C19H18N4O2/c1-12-4-3-5-17-20-9-16(19(25)23(12)17)18(24)21-15-7-6-13-10-22(2)11-14(13)8-15/h3-9H,10-11H2,1-2H3,(H,21,24). The van der Waals surface area contributed by atoms with Crippen LogP contribution in [0.4, 0.5) is 5.69 Å². The number of rotatable bonds is 2. The van der Waals surface area contributed by atoms with Gasteiger partial charge in [0.25, 0.3) is 11.5 Å². The summed E-state index contributed by atoms with van der Waals surface area (Å²) in [6.07, 6.45) is 1.34. The molecule has 0 fully saturated rings. The lowest BCUT2D eigenvalue weighted by Gasteiger charge is -2.09. The van der Waals surface area contributed by atoms with Gasteiger partial charge in [0.15, 0.2) is 0 Å². The summed E-state index contributed by atoms with van der Waals surface area (Å²) in [4.78, 5) is 31.7. The number of aromatic nitrogens is 2. The highest BCUT2D eigenvalue weighted by Crippen LogP contribution is 2.24. The molecule has 0 saturated heterocycles. The van der Waals surface area contributed by atoms with Gasteiger partial charge in [0.1, 0.15) is 11.2 Å². The van der Waals surface area contributed by atoms with Gasteiger partial charge < -0.3 is 5.32 Å². The molecule has 0 bridgehead atoms. The van der Waals surface area contributed by atoms with Crippen molar-refractivity contribution in [1.82, 2.24) is 14.3 Å². The fourth-order valence-electron chi connectivity index (χ4n) is 3.27. The second-order valence-corrected chi connectivity index (χ2v) is 6.45. The molecule has 1 aromatic carbocycles. The van der Waals surface area contributed by atoms with Crippen LogP contribution in [0.1, 0.15) is 27.2 Å². The minimum Gasteiger partial charge on any atom is -0.322 e. The molecule has 6 nitrogen and oxygen atoms in total. The Labute approximate surface area is 144 Å². The Morgan fingerprint density at radius 3 is 2.80 bits per heavy atom. The maximum Gasteiger partial charge on any atom is 0.270 e. The molecule has 126 valence electrons. The van der Waals surface area contributed by atoms with Crippen molar-refractivity contribution in [3.8, 4) is 0 Å². The van der Waals surface area contributed by atoms with Crippen LogP contribution in [-0.4, -0.2) is 27.2 Å². The van der Waals surface area contributed by atoms with Crippen molar-refractivity contribution in [2.45, 2.75) is 20.0 Å². The number of nitrogens with one attached hydrogen (secondary N) is 1. The maximum atomic E-state index is 12.7. The molecule has 0 atom stereocenters. The van der Waals surface area contributed by atoms with E-state index in [0.29, 0.717) is 11.3 Å². The van der Waals surface area contributed by atoms with Crippen molar-refractivity contribution < 1.29 is 4.79 Å². The highest BCUT2D eigenvalue weighted by atomic mass is 16.2. The normalized spacial score (nSPS) is 13.8. The summed E-state index contributed by atoms with van der Waals surface area (Å²) in [7, 11) is 2.06. The molecule has 25 heavy (non-hydrogen) atoms. The molecule has 0 aliphatic carbocycles. The average Bonchev–Trinajstić information content (AvgIpc) is 2.94. The molecular weight excluding hydrogens is 316 g/mol. The third-order valence-electron chi connectivity index (χ3n) is 4.51. The van der Waals surface area contributed by atoms with Gasteiger partial charge in [0, 0.05) is 30.7 Å². The average molecular weight is 334 g/mol. The second kappa shape index (κ2) is 5.82. The predicted octanol–water partition coefficient (Wildman–Crippen LogP) is 2.20. The van der Waals surface area contributed by atoms with E-state index in [1.807, 2.05) is 37.3 Å². The summed E-state index contributed by atoms with van der Waals surface area (Å²) in [5, 5.41) is 2.82. The van der Waals surface area contributed by atoms with Crippen LogP contribution < -0.4 is 10.9 Å². The molecule has 0 saturated carbocycles. The summed E-state index contributed by atoms with van der Waals surface area (Å²) in [5.74, 6) is -0.443. The largest absolute Gasteiger partial charge is 0.322 e. The van der Waals surface area contributed by atoms with Gasteiger partial charge in [-0.05, 0) is 49.4 Å². The third-order valence-corrected chi connectivity index (χ3v) is 4.51. The smallest absolute Gasteiger partial charge is 0.270 e. The van der Waals surface area contributed by atoms with E-state index in [1.54, 1.807) is 6.07 Å². The van der Waals surface area contributed by atoms with Gasteiger partial charge in [0.2, 0.25) is 0 Å². The van der Waals surface area contributed by atoms with Gasteiger partial charge in [-0.25, -0.2) is 4.98 Å². The SMILES string of the molecule is Cc1cccc2ncc(C(=O)Nc3ccc4c(c3)CN(C)C4)c(=O)n12. The molecule has 1 aliphatic rings. The molecule has 0 spiro atoms. The molecular formula is C19H18N4O2. The zero-order chi connectivity index (χ0) is 17.6. The van der Waals surface area contributed by atoms with Crippen molar-refractivity contribution in [3.05, 3.63) is 75.3 Å². The number of aryl methyl sites for hydroxylation is 1. The van der Waals surface area contributed by atoms with Crippen molar-refractivity contribution in [2.24, 2.45) is 0 Å². The first-order valence-electron chi connectivity index (χ1n) is 8.12. The van der Waals surface area contributed by atoms with Gasteiger partial charge in [-0.3, -0.25) is 18.9 Å². The number of hydrogen-bond donors (Lipinski definition) is 1. The van der Waals surface area contributed by atoms with E-state index in [9.17, 15) is 9.59 Å². The Morgan fingerprint density at radius 1 is 1.16 bits per heavy atom. The number of fused-ring (bicyclic) bond motifs is 2. The van der Waals surface area contributed by atoms with Crippen LogP contribution in [0.25, 0.3) is 5.65 Å². The van der Waals surface area contributed by atoms with E-state index < -0.39 is 5.91 Å². The van der Waals surface area contributed by atoms with Crippen LogP contribution in [0.15, 0.2) is 47.4 Å². The number of hydrogen-bond acceptors (Lipinski definition) is 4. The Balaban J connectivity index is 1.67. The highest BCUT2D eigenvalue weighted by Gasteiger charge is 2.18. The molecule has 4 rings (SSSR count). The Bertz CT molecular complexity index is 1050. The van der Waals surface area contributed by atoms with Crippen LogP contribution in [-0.2, 0) is 13.1 Å². The van der Waals surface area contributed by atoms with Crippen LogP contribution in [0.3, 0.4) is 0 Å². The minimum absolute atomic E-state index is 0.0319. The second-order valence-electron chi connectivity index (χ2n) is 6.45. The Morgan fingerprint density at radius 2 is 1.96 bits per heavy atom. The van der Waals surface area contributed by atoms with E-state index >= 15 is 0 Å². The number of carbonyl (C=O) groups is 1. The van der Waals surface area contributed by atoms with Gasteiger partial charge >= 0.3 is 0 Å². The molecule has 3 aromatic rings. The number of amides is 1. The number of nitrogens with zero attached hydrogens (tertiary/aromatic N) is 3. The summed E-state index contributed by atoms with van der Waals surface area (Å²) in [6.45, 7) is 3.59. The highest BCUT2D eigenvalue weighted by molar-refractivity contribution is 6.04. The fraction of sp³-hybridized carbons (Fsp3) is 0.211. The molecule has 2 aromatic heterocycles. The number of carbonyl (C=O) groups excluding carboxylic acids is 1. The Kier molecular flexibility index (Phi) is 3.62. The maximum absolute atomic E-state index is 12.7. The molecule has 1 amide bonds. The summed E-state index contributed by atoms with van der Waals surface area (Å²) in [5.41, 5.74) is 4.10. The van der Waals surface area contributed by atoms with E-state index in [-0.39, 0.29) is 11.1 Å². The lowest BCUT2D eigenvalue weighted by molar-refractivity contribution is 0.102. The van der Waals surface area contributed by atoms with Gasteiger partial charge in [-0.1, -0.05) is 12.1 Å². The minimum atomic E-state index is -0.443. The van der Waals surface area contributed by atoms with Crippen molar-refractivity contribution in [2.75, 3.05) is 12.4 Å². The topological polar surface area (TPSA) is 66.7 Å². The number of benzene rings is 1. The van der Waals surface area contributed by atoms with Crippen LogP contribution in [0.2, 0.25) is 0 Å². The fourth-order valence-corrected chi connectivity index (χ4v) is 3.27. The first-order valence-corrected chi connectivity index (χ1v) is 8.12. The molecule has 1 N–H and O–H groups in total. The lowest BCUT2D eigenvalue weighted by atomic mass is 10.1. The number of pyridine rings is 1. The van der Waals surface area contributed by atoms with Crippen LogP contribution >= 0.6 is 0 Å². The number of anilines is 1. The summed E-state index contributed by atoms with van der Waals surface area (Å²) < 4.78 is 1.45. The molecule has 6 heteroatoms. The first kappa shape index (κ1) is 15.5. The van der Waals surface area contributed by atoms with Crippen molar-refractivity contribution >= 4 is 17.2 Å². The third kappa shape index (κ3) is 2.70. The van der Waals surface area contributed by atoms with Crippen molar-refractivity contribution in [1.29, 1.82) is 0 Å². The van der Waals surface area contributed by atoms with Crippen LogP contribution in [0.5, 0.6) is 0 Å². The zero-order valence-corrected chi connectivity index (χ0v) is 14.1. The zero-order valence-electron chi connectivity index (χ0n) is 14.1. The Hall–Kier alpha value is -2.99. The molecule has 0 unspecified atom stereocenters. The quantitative estimate of drug-likeness (QED) is 0.780. The first-order chi connectivity index (χ1) is 12.0. The molecule has 1 aliphatic heterocycles. The van der Waals surface area contributed by atoms with Gasteiger partial charge in [-0.15, -0.1) is 0 Å². The van der Waals surface area contributed by atoms with E-state index in [0.717, 1.165) is 18.8 Å². The predicted molar refractivity (Wildman–Crippen MR) is 95.8 cm³/mol. The van der Waals surface area contributed by atoms with E-state index in [4.69, 9.17) is 0 Å². The lowest BCUT2D eigenvalue weighted by Crippen LogP contribution is -2.27. The summed E-state index contributed by atoms with van der Waals surface area (Å²) in [6, 6.07) is 11.2. The monoisotopic (exact) mass is 334 g/mol. The van der Waals surface area contributed by atoms with Crippen molar-refractivity contribution in [3.63, 3.8) is 0 Å². The van der Waals surface area contributed by atoms with E-state index in [1.165, 1.54) is 21.7 Å². The van der Waals surface area contributed by atoms with Gasteiger partial charge in [0.05, 0.1) is 0 Å². The van der Waals surface area contributed by atoms with E-state index in [2.05, 4.69) is 22.2 Å². The molecule has 0 radical (unpaired) electrons. The summed E-state index contributed by atoms with van der Waals surface area (Å²) >= 11 is 0. The van der Waals surface area contributed by atoms with Gasteiger partial charge in [-0.2, -0.15) is 0 Å². The molecule has 3 heterocycles. The van der Waals surface area contributed by atoms with Crippen LogP contribution in [0, 0.1) is 6.92 Å².